The van der Waals surface area contributed by atoms with Gasteiger partial charge in [-0.15, -0.1) is 0 Å². The van der Waals surface area contributed by atoms with Crippen LogP contribution in [0.4, 0.5) is 13.2 Å². The van der Waals surface area contributed by atoms with Gasteiger partial charge in [-0.25, -0.2) is 0 Å². The zero-order valence-corrected chi connectivity index (χ0v) is 8.87. The van der Waals surface area contributed by atoms with E-state index in [1.165, 1.54) is 0 Å². The van der Waals surface area contributed by atoms with E-state index >= 15 is 0 Å². The van der Waals surface area contributed by atoms with E-state index < -0.39 is 11.6 Å². The Kier molecular flexibility index (Phi) is 2.97. The van der Waals surface area contributed by atoms with Crippen molar-refractivity contribution < 1.29 is 13.2 Å². The number of alkyl halides is 3. The first-order chi connectivity index (χ1) is 7.06. The number of rotatable bonds is 1. The van der Waals surface area contributed by atoms with Crippen molar-refractivity contribution in [3.8, 4) is 0 Å². The molecule has 0 aromatic heterocycles. The summed E-state index contributed by atoms with van der Waals surface area (Å²) in [5.41, 5.74) is -1.41. The Morgan fingerprint density at radius 1 is 1.00 bits per heavy atom. The summed E-state index contributed by atoms with van der Waals surface area (Å²) in [6.45, 7) is 0.752. The van der Waals surface area contributed by atoms with E-state index in [0.29, 0.717) is 19.3 Å². The van der Waals surface area contributed by atoms with Gasteiger partial charge in [0.25, 0.3) is 0 Å². The fourth-order valence-electron chi connectivity index (χ4n) is 3.17. The van der Waals surface area contributed by atoms with Gasteiger partial charge in [-0.2, -0.15) is 13.2 Å². The molecule has 0 bridgehead atoms. The van der Waals surface area contributed by atoms with Gasteiger partial charge in [0, 0.05) is 6.04 Å². The van der Waals surface area contributed by atoms with Crippen LogP contribution in [0.3, 0.4) is 0 Å². The summed E-state index contributed by atoms with van der Waals surface area (Å²) in [4.78, 5) is 0. The standard InChI is InChI=1S/C11H18F3N/c12-11(13,14)10(6-2-1-3-7-10)9-5-4-8-15-9/h9,15H,1-8H2. The molecular formula is C11H18F3N. The van der Waals surface area contributed by atoms with Gasteiger partial charge in [-0.3, -0.25) is 0 Å². The SMILES string of the molecule is FC(F)(F)C1(C2CCCN2)CCCCC1. The lowest BCUT2D eigenvalue weighted by Crippen LogP contribution is -2.52. The summed E-state index contributed by atoms with van der Waals surface area (Å²) >= 11 is 0. The van der Waals surface area contributed by atoms with E-state index in [4.69, 9.17) is 0 Å². The Hall–Kier alpha value is -0.250. The van der Waals surface area contributed by atoms with Gasteiger partial charge < -0.3 is 5.32 Å². The van der Waals surface area contributed by atoms with Gasteiger partial charge in [-0.1, -0.05) is 19.3 Å². The van der Waals surface area contributed by atoms with Crippen LogP contribution in [-0.4, -0.2) is 18.8 Å². The van der Waals surface area contributed by atoms with Crippen molar-refractivity contribution in [1.82, 2.24) is 5.32 Å². The molecule has 1 saturated carbocycles. The van der Waals surface area contributed by atoms with Crippen molar-refractivity contribution in [1.29, 1.82) is 0 Å². The highest BCUT2D eigenvalue weighted by Crippen LogP contribution is 2.52. The fraction of sp³-hybridized carbons (Fsp3) is 1.00. The van der Waals surface area contributed by atoms with E-state index in [9.17, 15) is 13.2 Å². The van der Waals surface area contributed by atoms with Crippen molar-refractivity contribution in [3.05, 3.63) is 0 Å². The summed E-state index contributed by atoms with van der Waals surface area (Å²) in [7, 11) is 0. The predicted octanol–water partition coefficient (Wildman–Crippen LogP) is 3.25. The van der Waals surface area contributed by atoms with Gasteiger partial charge in [0.05, 0.1) is 5.41 Å². The molecule has 1 aliphatic carbocycles. The van der Waals surface area contributed by atoms with E-state index in [0.717, 1.165) is 32.2 Å². The maximum Gasteiger partial charge on any atom is 0.395 e. The van der Waals surface area contributed by atoms with Crippen LogP contribution < -0.4 is 5.32 Å². The largest absolute Gasteiger partial charge is 0.395 e. The molecular weight excluding hydrogens is 203 g/mol. The quantitative estimate of drug-likeness (QED) is 0.716. The highest BCUT2D eigenvalue weighted by atomic mass is 19.4. The minimum Gasteiger partial charge on any atom is -0.313 e. The van der Waals surface area contributed by atoms with Crippen LogP contribution in [0.5, 0.6) is 0 Å². The first-order valence-electron chi connectivity index (χ1n) is 5.86. The van der Waals surface area contributed by atoms with E-state index in [1.54, 1.807) is 0 Å². The highest BCUT2D eigenvalue weighted by molar-refractivity contribution is 5.00. The second kappa shape index (κ2) is 3.96. The Morgan fingerprint density at radius 3 is 2.13 bits per heavy atom. The van der Waals surface area contributed by atoms with Crippen LogP contribution in [0, 0.1) is 5.41 Å². The second-order valence-corrected chi connectivity index (χ2v) is 4.86. The van der Waals surface area contributed by atoms with Crippen LogP contribution in [-0.2, 0) is 0 Å². The van der Waals surface area contributed by atoms with Crippen LogP contribution in [0.25, 0.3) is 0 Å². The van der Waals surface area contributed by atoms with Crippen molar-refractivity contribution in [3.63, 3.8) is 0 Å². The Bertz CT molecular complexity index is 212. The van der Waals surface area contributed by atoms with Gasteiger partial charge in [0.15, 0.2) is 0 Å². The maximum absolute atomic E-state index is 13.2. The summed E-state index contributed by atoms with van der Waals surface area (Å²) in [5, 5.41) is 3.05. The molecule has 15 heavy (non-hydrogen) atoms. The van der Waals surface area contributed by atoms with Crippen LogP contribution in [0.1, 0.15) is 44.9 Å². The van der Waals surface area contributed by atoms with Crippen molar-refractivity contribution >= 4 is 0 Å². The molecule has 1 heterocycles. The first kappa shape index (κ1) is 11.2. The molecule has 2 aliphatic rings. The molecule has 2 rings (SSSR count). The molecule has 1 nitrogen and oxygen atoms in total. The average molecular weight is 221 g/mol. The minimum atomic E-state index is -4.03. The second-order valence-electron chi connectivity index (χ2n) is 4.86. The molecule has 1 N–H and O–H groups in total. The van der Waals surface area contributed by atoms with Crippen molar-refractivity contribution in [2.75, 3.05) is 6.54 Å². The van der Waals surface area contributed by atoms with Crippen LogP contribution in [0.15, 0.2) is 0 Å². The molecule has 4 heteroatoms. The summed E-state index contributed by atoms with van der Waals surface area (Å²) in [6.07, 6.45) is 0.639. The lowest BCUT2D eigenvalue weighted by Gasteiger charge is -2.43. The maximum atomic E-state index is 13.2. The normalized spacial score (nSPS) is 31.8. The number of hydrogen-bond acceptors (Lipinski definition) is 1. The monoisotopic (exact) mass is 221 g/mol. The Labute approximate surface area is 88.4 Å². The van der Waals surface area contributed by atoms with Crippen LogP contribution >= 0.6 is 0 Å². The predicted molar refractivity (Wildman–Crippen MR) is 52.6 cm³/mol. The molecule has 0 radical (unpaired) electrons. The average Bonchev–Trinajstić information content (AvgIpc) is 2.70. The highest BCUT2D eigenvalue weighted by Gasteiger charge is 2.59. The molecule has 0 aromatic rings. The molecule has 2 fully saturated rings. The Balaban J connectivity index is 2.20. The Morgan fingerprint density at radius 2 is 1.67 bits per heavy atom. The van der Waals surface area contributed by atoms with Crippen molar-refractivity contribution in [2.45, 2.75) is 57.2 Å². The van der Waals surface area contributed by atoms with Gasteiger partial charge >= 0.3 is 6.18 Å². The van der Waals surface area contributed by atoms with Crippen LogP contribution in [0.2, 0.25) is 0 Å². The summed E-state index contributed by atoms with van der Waals surface area (Å²) in [6, 6.07) is -0.321. The van der Waals surface area contributed by atoms with Gasteiger partial charge in [-0.05, 0) is 32.2 Å². The van der Waals surface area contributed by atoms with E-state index in [2.05, 4.69) is 5.32 Å². The molecule has 1 unspecified atom stereocenters. The fourth-order valence-corrected chi connectivity index (χ4v) is 3.17. The lowest BCUT2D eigenvalue weighted by atomic mass is 9.68. The van der Waals surface area contributed by atoms with Crippen molar-refractivity contribution in [2.24, 2.45) is 5.41 Å². The lowest BCUT2D eigenvalue weighted by molar-refractivity contribution is -0.244. The molecule has 1 saturated heterocycles. The molecule has 88 valence electrons. The number of halogens is 3. The summed E-state index contributed by atoms with van der Waals surface area (Å²) < 4.78 is 39.6. The topological polar surface area (TPSA) is 12.0 Å². The molecule has 1 atom stereocenters. The smallest absolute Gasteiger partial charge is 0.313 e. The summed E-state index contributed by atoms with van der Waals surface area (Å²) in [5.74, 6) is 0. The third-order valence-corrected chi connectivity index (χ3v) is 4.04. The minimum absolute atomic E-state index is 0.321. The first-order valence-corrected chi connectivity index (χ1v) is 5.86. The molecule has 0 spiro atoms. The number of nitrogens with one attached hydrogen (secondary N) is 1. The molecule has 1 aliphatic heterocycles. The van der Waals surface area contributed by atoms with E-state index in [1.807, 2.05) is 0 Å². The molecule has 0 aromatic carbocycles. The third-order valence-electron chi connectivity index (χ3n) is 4.04. The van der Waals surface area contributed by atoms with Gasteiger partial charge in [0.1, 0.15) is 0 Å². The zero-order valence-electron chi connectivity index (χ0n) is 8.87. The van der Waals surface area contributed by atoms with Gasteiger partial charge in [0.2, 0.25) is 0 Å². The molecule has 0 amide bonds. The third kappa shape index (κ3) is 1.88. The zero-order chi connectivity index (χ0) is 10.9. The van der Waals surface area contributed by atoms with E-state index in [-0.39, 0.29) is 6.04 Å². The number of hydrogen-bond donors (Lipinski definition) is 1.